The number of para-hydroxylation sites is 1. The number of ether oxygens (including phenoxy) is 3. The van der Waals surface area contributed by atoms with Crippen LogP contribution in [0.5, 0.6) is 11.5 Å². The number of carbonyl (C=O) groups is 2. The van der Waals surface area contributed by atoms with Gasteiger partial charge >= 0.3 is 0 Å². The highest BCUT2D eigenvalue weighted by molar-refractivity contribution is 5.88. The lowest BCUT2D eigenvalue weighted by atomic mass is 10.0. The van der Waals surface area contributed by atoms with Crippen LogP contribution < -0.4 is 14.8 Å². The van der Waals surface area contributed by atoms with Gasteiger partial charge in [0.25, 0.3) is 5.91 Å². The molecule has 0 unspecified atom stereocenters. The zero-order chi connectivity index (χ0) is 25.9. The second kappa shape index (κ2) is 13.5. The number of hydrogen-bond acceptors (Lipinski definition) is 5. The molecule has 0 saturated carbocycles. The molecule has 0 aromatic heterocycles. The Bertz CT molecular complexity index is 1120. The van der Waals surface area contributed by atoms with Crippen molar-refractivity contribution in [1.29, 1.82) is 0 Å². The molecule has 37 heavy (non-hydrogen) atoms. The van der Waals surface area contributed by atoms with Crippen molar-refractivity contribution in [3.63, 3.8) is 0 Å². The van der Waals surface area contributed by atoms with Gasteiger partial charge in [-0.05, 0) is 48.2 Å². The smallest absolute Gasteiger partial charge is 0.261 e. The molecule has 2 amide bonds. The van der Waals surface area contributed by atoms with E-state index in [1.807, 2.05) is 72.8 Å². The topological polar surface area (TPSA) is 77.1 Å². The second-order valence-electron chi connectivity index (χ2n) is 9.06. The van der Waals surface area contributed by atoms with Gasteiger partial charge in [-0.3, -0.25) is 9.59 Å². The average Bonchev–Trinajstić information content (AvgIpc) is 3.47. The minimum Gasteiger partial charge on any atom is -0.497 e. The van der Waals surface area contributed by atoms with Gasteiger partial charge in [0.05, 0.1) is 13.2 Å². The molecular weight excluding hydrogens is 468 g/mol. The maximum atomic E-state index is 13.6. The van der Waals surface area contributed by atoms with Crippen molar-refractivity contribution in [3.8, 4) is 11.5 Å². The Hall–Kier alpha value is -3.84. The van der Waals surface area contributed by atoms with Gasteiger partial charge in [-0.25, -0.2) is 0 Å². The molecule has 1 saturated heterocycles. The van der Waals surface area contributed by atoms with Crippen LogP contribution >= 0.6 is 0 Å². The molecule has 3 aromatic rings. The Kier molecular flexibility index (Phi) is 9.54. The third-order valence-corrected chi connectivity index (χ3v) is 6.42. The molecule has 7 nitrogen and oxygen atoms in total. The fraction of sp³-hybridized carbons (Fsp3) is 0.333. The summed E-state index contributed by atoms with van der Waals surface area (Å²) >= 11 is 0. The Balaban J connectivity index is 1.58. The zero-order valence-corrected chi connectivity index (χ0v) is 21.2. The Morgan fingerprint density at radius 3 is 2.30 bits per heavy atom. The SMILES string of the molecule is COc1ccc(CN(C(=O)COc2ccccc2)[C@H](Cc2ccccc2)C(=O)NC[C@@H]2CCCO2)cc1. The summed E-state index contributed by atoms with van der Waals surface area (Å²) in [5, 5.41) is 3.04. The van der Waals surface area contributed by atoms with Crippen molar-refractivity contribution in [2.24, 2.45) is 0 Å². The molecule has 1 fully saturated rings. The van der Waals surface area contributed by atoms with Gasteiger partial charge in [-0.2, -0.15) is 0 Å². The molecule has 7 heteroatoms. The van der Waals surface area contributed by atoms with Crippen LogP contribution in [0.25, 0.3) is 0 Å². The van der Waals surface area contributed by atoms with Gasteiger partial charge < -0.3 is 24.4 Å². The second-order valence-corrected chi connectivity index (χ2v) is 9.06. The largest absolute Gasteiger partial charge is 0.497 e. The lowest BCUT2D eigenvalue weighted by molar-refractivity contribution is -0.143. The van der Waals surface area contributed by atoms with Crippen molar-refractivity contribution in [1.82, 2.24) is 10.2 Å². The molecule has 1 aliphatic heterocycles. The van der Waals surface area contributed by atoms with E-state index in [0.717, 1.165) is 29.7 Å². The highest BCUT2D eigenvalue weighted by Crippen LogP contribution is 2.19. The van der Waals surface area contributed by atoms with Crippen LogP contribution in [0.3, 0.4) is 0 Å². The normalized spacial score (nSPS) is 15.5. The Morgan fingerprint density at radius 1 is 0.946 bits per heavy atom. The summed E-state index contributed by atoms with van der Waals surface area (Å²) in [7, 11) is 1.61. The number of methoxy groups -OCH3 is 1. The number of carbonyl (C=O) groups excluding carboxylic acids is 2. The lowest BCUT2D eigenvalue weighted by Gasteiger charge is -2.31. The van der Waals surface area contributed by atoms with Crippen LogP contribution in [0.2, 0.25) is 0 Å². The quantitative estimate of drug-likeness (QED) is 0.405. The predicted octanol–water partition coefficient (Wildman–Crippen LogP) is 4.01. The number of nitrogens with one attached hydrogen (secondary N) is 1. The first-order valence-corrected chi connectivity index (χ1v) is 12.7. The first-order chi connectivity index (χ1) is 18.1. The molecular formula is C30H34N2O5. The third-order valence-electron chi connectivity index (χ3n) is 6.42. The van der Waals surface area contributed by atoms with Crippen LogP contribution in [0.4, 0.5) is 0 Å². The molecule has 3 aromatic carbocycles. The first kappa shape index (κ1) is 26.2. The summed E-state index contributed by atoms with van der Waals surface area (Å²) in [6, 6.07) is 25.7. The van der Waals surface area contributed by atoms with Crippen LogP contribution in [-0.2, 0) is 27.3 Å². The number of nitrogens with zero attached hydrogens (tertiary/aromatic N) is 1. The fourth-order valence-electron chi connectivity index (χ4n) is 4.36. The van der Waals surface area contributed by atoms with E-state index in [9.17, 15) is 9.59 Å². The van der Waals surface area contributed by atoms with E-state index >= 15 is 0 Å². The van der Waals surface area contributed by atoms with E-state index in [1.165, 1.54) is 0 Å². The summed E-state index contributed by atoms with van der Waals surface area (Å²) in [4.78, 5) is 28.8. The molecule has 194 valence electrons. The minimum absolute atomic E-state index is 0.00785. The molecule has 0 aliphatic carbocycles. The van der Waals surface area contributed by atoms with E-state index in [1.54, 1.807) is 24.1 Å². The maximum Gasteiger partial charge on any atom is 0.261 e. The minimum atomic E-state index is -0.724. The molecule has 0 radical (unpaired) electrons. The average molecular weight is 503 g/mol. The molecule has 4 rings (SSSR count). The number of hydrogen-bond donors (Lipinski definition) is 1. The monoisotopic (exact) mass is 502 g/mol. The number of rotatable bonds is 12. The van der Waals surface area contributed by atoms with Crippen molar-refractivity contribution in [2.75, 3.05) is 26.9 Å². The number of benzene rings is 3. The predicted molar refractivity (Wildman–Crippen MR) is 141 cm³/mol. The molecule has 1 heterocycles. The molecule has 0 spiro atoms. The van der Waals surface area contributed by atoms with Crippen molar-refractivity contribution in [2.45, 2.75) is 38.0 Å². The van der Waals surface area contributed by atoms with Gasteiger partial charge in [-0.1, -0.05) is 60.7 Å². The van der Waals surface area contributed by atoms with Crippen LogP contribution in [0.15, 0.2) is 84.9 Å². The van der Waals surface area contributed by atoms with E-state index in [2.05, 4.69) is 5.32 Å². The van der Waals surface area contributed by atoms with E-state index in [0.29, 0.717) is 25.3 Å². The molecule has 2 atom stereocenters. The third kappa shape index (κ3) is 7.82. The summed E-state index contributed by atoms with van der Waals surface area (Å²) in [6.45, 7) is 1.22. The summed E-state index contributed by atoms with van der Waals surface area (Å²) in [5.74, 6) is 0.848. The van der Waals surface area contributed by atoms with Gasteiger partial charge in [0.2, 0.25) is 5.91 Å². The van der Waals surface area contributed by atoms with Crippen molar-refractivity contribution >= 4 is 11.8 Å². The van der Waals surface area contributed by atoms with Crippen molar-refractivity contribution < 1.29 is 23.8 Å². The fourth-order valence-corrected chi connectivity index (χ4v) is 4.36. The summed E-state index contributed by atoms with van der Waals surface area (Å²) in [5.41, 5.74) is 1.86. The van der Waals surface area contributed by atoms with Crippen molar-refractivity contribution in [3.05, 3.63) is 96.1 Å². The van der Waals surface area contributed by atoms with E-state index < -0.39 is 6.04 Å². The highest BCUT2D eigenvalue weighted by Gasteiger charge is 2.31. The van der Waals surface area contributed by atoms with E-state index in [4.69, 9.17) is 14.2 Å². The van der Waals surface area contributed by atoms with Crippen LogP contribution in [-0.4, -0.2) is 55.7 Å². The number of amides is 2. The molecule has 0 bridgehead atoms. The Morgan fingerprint density at radius 2 is 1.65 bits per heavy atom. The summed E-state index contributed by atoms with van der Waals surface area (Å²) in [6.07, 6.45) is 2.30. The summed E-state index contributed by atoms with van der Waals surface area (Å²) < 4.78 is 16.7. The zero-order valence-electron chi connectivity index (χ0n) is 21.2. The van der Waals surface area contributed by atoms with Gasteiger partial charge in [0.15, 0.2) is 6.61 Å². The molecule has 1 aliphatic rings. The van der Waals surface area contributed by atoms with Crippen LogP contribution in [0.1, 0.15) is 24.0 Å². The van der Waals surface area contributed by atoms with E-state index in [-0.39, 0.29) is 31.1 Å². The van der Waals surface area contributed by atoms with Crippen LogP contribution in [0, 0.1) is 0 Å². The Labute approximate surface area is 218 Å². The van der Waals surface area contributed by atoms with Gasteiger partial charge in [0.1, 0.15) is 17.5 Å². The van der Waals surface area contributed by atoms with Gasteiger partial charge in [-0.15, -0.1) is 0 Å². The maximum absolute atomic E-state index is 13.6. The molecule has 1 N–H and O–H groups in total. The first-order valence-electron chi connectivity index (χ1n) is 12.7. The highest BCUT2D eigenvalue weighted by atomic mass is 16.5. The lowest BCUT2D eigenvalue weighted by Crippen LogP contribution is -2.52. The standard InChI is InChI=1S/C30H34N2O5/c1-35-25-16-14-24(15-17-25)21-32(29(33)22-37-26-11-6-3-7-12-26)28(19-23-9-4-2-5-10-23)30(34)31-20-27-13-8-18-36-27/h2-7,9-12,14-17,27-28H,8,13,18-22H2,1H3,(H,31,34)/t27-,28+/m0/s1. The van der Waals surface area contributed by atoms with Gasteiger partial charge in [0, 0.05) is 26.1 Å².